The Morgan fingerprint density at radius 1 is 1.14 bits per heavy atom. The number of nitrogens with zero attached hydrogens (tertiary/aromatic N) is 3. The predicted octanol–water partition coefficient (Wildman–Crippen LogP) is 3.70. The first-order valence-electron chi connectivity index (χ1n) is 12.7. The molecule has 3 aromatic rings. The number of halogens is 1. The minimum absolute atomic E-state index is 0.0457. The van der Waals surface area contributed by atoms with Gasteiger partial charge in [0.15, 0.2) is 11.5 Å². The lowest BCUT2D eigenvalue weighted by Crippen LogP contribution is -2.48. The van der Waals surface area contributed by atoms with Crippen molar-refractivity contribution in [3.05, 3.63) is 72.1 Å². The maximum atomic E-state index is 13.2. The Hall–Kier alpha value is -3.14. The molecule has 1 saturated heterocycles. The molecule has 0 radical (unpaired) electrons. The molecule has 4 rings (SSSR count). The number of β-amino-alcohol motifs (C(OH)–C–C–N with tert-alkyl or cyclic N) is 1. The lowest BCUT2D eigenvalue weighted by Gasteiger charge is -2.30. The topological polar surface area (TPSA) is 78.2 Å². The summed E-state index contributed by atoms with van der Waals surface area (Å²) < 4.78 is 38.3. The van der Waals surface area contributed by atoms with Crippen LogP contribution in [0, 0.1) is 5.82 Å². The molecule has 0 bridgehead atoms. The molecule has 1 fully saturated rings. The Kier molecular flexibility index (Phi) is 9.38. The highest BCUT2D eigenvalue weighted by molar-refractivity contribution is 5.43. The zero-order valence-electron chi connectivity index (χ0n) is 21.6. The van der Waals surface area contributed by atoms with Crippen molar-refractivity contribution in [2.45, 2.75) is 38.5 Å². The highest BCUT2D eigenvalue weighted by atomic mass is 19.1. The molecule has 9 heteroatoms. The van der Waals surface area contributed by atoms with Crippen LogP contribution < -0.4 is 14.2 Å². The summed E-state index contributed by atoms with van der Waals surface area (Å²) in [5.41, 5.74) is -0.149. The van der Waals surface area contributed by atoms with E-state index in [1.165, 1.54) is 12.1 Å². The summed E-state index contributed by atoms with van der Waals surface area (Å²) in [4.78, 5) is 6.49. The maximum absolute atomic E-state index is 13.2. The fourth-order valence-corrected chi connectivity index (χ4v) is 4.43. The van der Waals surface area contributed by atoms with E-state index in [9.17, 15) is 9.50 Å². The number of methoxy groups -OCH3 is 1. The SMILES string of the molecule is CCc1nccn1CCCOc1ccc(CN2CCOCC(O)(COc3ccc(F)cc3)C2)cc1OC. The predicted molar refractivity (Wildman–Crippen MR) is 138 cm³/mol. The van der Waals surface area contributed by atoms with Gasteiger partial charge in [-0.15, -0.1) is 0 Å². The highest BCUT2D eigenvalue weighted by Crippen LogP contribution is 2.29. The van der Waals surface area contributed by atoms with E-state index in [0.29, 0.717) is 50.1 Å². The zero-order chi connectivity index (χ0) is 26.1. The van der Waals surface area contributed by atoms with Gasteiger partial charge >= 0.3 is 0 Å². The van der Waals surface area contributed by atoms with Crippen LogP contribution in [0.15, 0.2) is 54.9 Å². The van der Waals surface area contributed by atoms with Gasteiger partial charge in [0.2, 0.25) is 0 Å². The quantitative estimate of drug-likeness (QED) is 0.370. The molecule has 1 aromatic heterocycles. The summed E-state index contributed by atoms with van der Waals surface area (Å²) in [7, 11) is 1.64. The number of aliphatic hydroxyl groups is 1. The summed E-state index contributed by atoms with van der Waals surface area (Å²) in [5, 5.41) is 11.2. The first-order chi connectivity index (χ1) is 18.0. The maximum Gasteiger partial charge on any atom is 0.161 e. The van der Waals surface area contributed by atoms with Crippen LogP contribution in [0.2, 0.25) is 0 Å². The molecule has 8 nitrogen and oxygen atoms in total. The van der Waals surface area contributed by atoms with Crippen molar-refractivity contribution in [2.24, 2.45) is 0 Å². The van der Waals surface area contributed by atoms with Crippen molar-refractivity contribution in [2.75, 3.05) is 46.6 Å². The molecule has 0 spiro atoms. The molecule has 1 N–H and O–H groups in total. The molecular formula is C28H36FN3O5. The van der Waals surface area contributed by atoms with E-state index in [-0.39, 0.29) is 19.0 Å². The van der Waals surface area contributed by atoms with E-state index in [1.807, 2.05) is 30.6 Å². The Labute approximate surface area is 217 Å². The van der Waals surface area contributed by atoms with Gasteiger partial charge in [-0.25, -0.2) is 9.37 Å². The monoisotopic (exact) mass is 513 g/mol. The van der Waals surface area contributed by atoms with Crippen LogP contribution in [0.5, 0.6) is 17.2 Å². The molecule has 1 unspecified atom stereocenters. The van der Waals surface area contributed by atoms with Crippen LogP contribution in [0.25, 0.3) is 0 Å². The number of benzene rings is 2. The fraction of sp³-hybridized carbons (Fsp3) is 0.464. The molecule has 0 aliphatic carbocycles. The smallest absolute Gasteiger partial charge is 0.161 e. The van der Waals surface area contributed by atoms with Crippen LogP contribution in [0.3, 0.4) is 0 Å². The molecular weight excluding hydrogens is 477 g/mol. The minimum atomic E-state index is -1.19. The number of rotatable bonds is 12. The average Bonchev–Trinajstić information content (AvgIpc) is 3.28. The summed E-state index contributed by atoms with van der Waals surface area (Å²) in [6.45, 7) is 5.91. The lowest BCUT2D eigenvalue weighted by molar-refractivity contribution is -0.0646. The van der Waals surface area contributed by atoms with Gasteiger partial charge in [0.1, 0.15) is 29.6 Å². The second-order valence-electron chi connectivity index (χ2n) is 9.31. The van der Waals surface area contributed by atoms with Gasteiger partial charge in [-0.1, -0.05) is 13.0 Å². The van der Waals surface area contributed by atoms with Gasteiger partial charge in [0.05, 0.1) is 26.9 Å². The number of imidazole rings is 1. The number of aryl methyl sites for hydroxylation is 2. The van der Waals surface area contributed by atoms with Crippen molar-refractivity contribution in [1.29, 1.82) is 0 Å². The van der Waals surface area contributed by atoms with Gasteiger partial charge in [-0.05, 0) is 48.4 Å². The van der Waals surface area contributed by atoms with Gasteiger partial charge in [-0.3, -0.25) is 4.90 Å². The summed E-state index contributed by atoms with van der Waals surface area (Å²) >= 11 is 0. The Balaban J connectivity index is 1.31. The van der Waals surface area contributed by atoms with Gasteiger partial charge < -0.3 is 28.6 Å². The third-order valence-electron chi connectivity index (χ3n) is 6.31. The third kappa shape index (κ3) is 7.67. The molecule has 1 atom stereocenters. The zero-order valence-corrected chi connectivity index (χ0v) is 21.6. The van der Waals surface area contributed by atoms with Crippen molar-refractivity contribution < 1.29 is 28.4 Å². The van der Waals surface area contributed by atoms with Crippen molar-refractivity contribution in [3.8, 4) is 17.2 Å². The van der Waals surface area contributed by atoms with Crippen LogP contribution in [0.4, 0.5) is 4.39 Å². The van der Waals surface area contributed by atoms with Crippen molar-refractivity contribution in [3.63, 3.8) is 0 Å². The first-order valence-corrected chi connectivity index (χ1v) is 12.7. The van der Waals surface area contributed by atoms with Gasteiger partial charge in [0, 0.05) is 45.0 Å². The van der Waals surface area contributed by atoms with E-state index in [4.69, 9.17) is 18.9 Å². The van der Waals surface area contributed by atoms with Crippen molar-refractivity contribution in [1.82, 2.24) is 14.5 Å². The lowest BCUT2D eigenvalue weighted by atomic mass is 10.1. The van der Waals surface area contributed by atoms with Crippen LogP contribution in [-0.2, 0) is 24.2 Å². The van der Waals surface area contributed by atoms with E-state index >= 15 is 0 Å². The summed E-state index contributed by atoms with van der Waals surface area (Å²) in [6, 6.07) is 11.7. The molecule has 0 amide bonds. The van der Waals surface area contributed by atoms with Crippen LogP contribution in [0.1, 0.15) is 24.7 Å². The van der Waals surface area contributed by atoms with Gasteiger partial charge in [-0.2, -0.15) is 0 Å². The summed E-state index contributed by atoms with van der Waals surface area (Å²) in [6.07, 6.45) is 5.60. The first kappa shape index (κ1) is 26.9. The third-order valence-corrected chi connectivity index (χ3v) is 6.31. The second kappa shape index (κ2) is 12.9. The number of ether oxygens (including phenoxy) is 4. The molecule has 1 aliphatic heterocycles. The van der Waals surface area contributed by atoms with Gasteiger partial charge in [0.25, 0.3) is 0 Å². The molecule has 1 aliphatic rings. The molecule has 0 saturated carbocycles. The molecule has 200 valence electrons. The fourth-order valence-electron chi connectivity index (χ4n) is 4.43. The summed E-state index contributed by atoms with van der Waals surface area (Å²) in [5.74, 6) is 2.63. The van der Waals surface area contributed by atoms with E-state index in [0.717, 1.165) is 30.8 Å². The van der Waals surface area contributed by atoms with E-state index in [2.05, 4.69) is 21.4 Å². The Bertz CT molecular complexity index is 1120. The second-order valence-corrected chi connectivity index (χ2v) is 9.31. The van der Waals surface area contributed by atoms with E-state index < -0.39 is 5.60 Å². The molecule has 37 heavy (non-hydrogen) atoms. The van der Waals surface area contributed by atoms with Crippen molar-refractivity contribution >= 4 is 0 Å². The standard InChI is InChI=1S/C28H36FN3O5/c1-3-27-30-11-13-32(27)12-4-15-36-25-10-5-22(17-26(25)34-2)18-31-14-16-35-20-28(33,19-31)21-37-24-8-6-23(29)7-9-24/h5-11,13,17,33H,3-4,12,14-16,18-21H2,1-2H3. The van der Waals surface area contributed by atoms with Crippen LogP contribution >= 0.6 is 0 Å². The number of hydrogen-bond donors (Lipinski definition) is 1. The normalized spacial score (nSPS) is 18.4. The Morgan fingerprint density at radius 3 is 2.76 bits per heavy atom. The number of aromatic nitrogens is 2. The minimum Gasteiger partial charge on any atom is -0.493 e. The Morgan fingerprint density at radius 2 is 1.97 bits per heavy atom. The van der Waals surface area contributed by atoms with E-state index in [1.54, 1.807) is 19.2 Å². The molecule has 2 aromatic carbocycles. The van der Waals surface area contributed by atoms with Crippen LogP contribution in [-0.4, -0.2) is 71.8 Å². The average molecular weight is 514 g/mol. The number of hydrogen-bond acceptors (Lipinski definition) is 7. The highest BCUT2D eigenvalue weighted by Gasteiger charge is 2.33. The molecule has 2 heterocycles. The largest absolute Gasteiger partial charge is 0.493 e.